The number of amides is 2. The second-order valence-corrected chi connectivity index (χ2v) is 5.55. The van der Waals surface area contributed by atoms with Crippen molar-refractivity contribution in [2.45, 2.75) is 20.0 Å². The van der Waals surface area contributed by atoms with Gasteiger partial charge in [0, 0.05) is 16.4 Å². The molecule has 0 spiro atoms. The van der Waals surface area contributed by atoms with Crippen molar-refractivity contribution in [3.8, 4) is 5.75 Å². The van der Waals surface area contributed by atoms with E-state index in [2.05, 4.69) is 10.6 Å². The average Bonchev–Trinajstić information content (AvgIpc) is 2.48. The maximum Gasteiger partial charge on any atom is 0.314 e. The molecule has 2 aromatic carbocycles. The predicted octanol–water partition coefficient (Wildman–Crippen LogP) is 3.70. The van der Waals surface area contributed by atoms with Gasteiger partial charge in [-0.3, -0.25) is 9.59 Å². The second kappa shape index (κ2) is 7.65. The molecule has 0 aliphatic heterocycles. The molecule has 0 aliphatic carbocycles. The van der Waals surface area contributed by atoms with Crippen molar-refractivity contribution < 1.29 is 14.3 Å². The molecule has 0 unspecified atom stereocenters. The van der Waals surface area contributed by atoms with Gasteiger partial charge in [0.1, 0.15) is 5.75 Å². The summed E-state index contributed by atoms with van der Waals surface area (Å²) in [6.45, 7) is 3.85. The molecule has 0 saturated heterocycles. The summed E-state index contributed by atoms with van der Waals surface area (Å²) in [7, 11) is 0. The van der Waals surface area contributed by atoms with E-state index in [1.165, 1.54) is 0 Å². The Morgan fingerprint density at radius 2 is 1.57 bits per heavy atom. The molecular weight excluding hydrogens is 316 g/mol. The summed E-state index contributed by atoms with van der Waals surface area (Å²) >= 11 is 5.82. The number of ether oxygens (including phenoxy) is 1. The number of carbonyl (C=O) groups excluding carboxylic acids is 2. The fourth-order valence-electron chi connectivity index (χ4n) is 1.83. The van der Waals surface area contributed by atoms with E-state index < -0.39 is 11.8 Å². The minimum atomic E-state index is -0.769. The molecule has 0 aliphatic rings. The Morgan fingerprint density at radius 1 is 0.957 bits per heavy atom. The van der Waals surface area contributed by atoms with Crippen LogP contribution in [0.5, 0.6) is 5.75 Å². The van der Waals surface area contributed by atoms with Crippen LogP contribution in [0.1, 0.15) is 13.8 Å². The molecule has 0 fully saturated rings. The van der Waals surface area contributed by atoms with Gasteiger partial charge in [0.25, 0.3) is 0 Å². The quantitative estimate of drug-likeness (QED) is 0.839. The Bertz CT molecular complexity index is 699. The van der Waals surface area contributed by atoms with Crippen molar-refractivity contribution in [1.29, 1.82) is 0 Å². The number of anilines is 2. The lowest BCUT2D eigenvalue weighted by Crippen LogP contribution is -2.29. The highest BCUT2D eigenvalue weighted by Gasteiger charge is 2.14. The molecule has 5 nitrogen and oxygen atoms in total. The van der Waals surface area contributed by atoms with Gasteiger partial charge in [-0.05, 0) is 56.3 Å². The molecule has 0 aromatic heterocycles. The van der Waals surface area contributed by atoms with Crippen molar-refractivity contribution in [1.82, 2.24) is 0 Å². The van der Waals surface area contributed by atoms with Crippen molar-refractivity contribution >= 4 is 34.8 Å². The van der Waals surface area contributed by atoms with Crippen molar-refractivity contribution in [3.05, 3.63) is 53.6 Å². The topological polar surface area (TPSA) is 67.4 Å². The molecule has 23 heavy (non-hydrogen) atoms. The molecule has 2 aromatic rings. The Balaban J connectivity index is 1.94. The van der Waals surface area contributed by atoms with Crippen LogP contribution >= 0.6 is 11.6 Å². The van der Waals surface area contributed by atoms with E-state index >= 15 is 0 Å². The molecule has 6 heteroatoms. The van der Waals surface area contributed by atoms with Gasteiger partial charge in [-0.25, -0.2) is 0 Å². The Hall–Kier alpha value is -2.53. The van der Waals surface area contributed by atoms with E-state index in [4.69, 9.17) is 16.3 Å². The second-order valence-electron chi connectivity index (χ2n) is 5.11. The largest absolute Gasteiger partial charge is 0.491 e. The summed E-state index contributed by atoms with van der Waals surface area (Å²) in [5.41, 5.74) is 0.964. The van der Waals surface area contributed by atoms with Gasteiger partial charge < -0.3 is 15.4 Å². The number of carbonyl (C=O) groups is 2. The summed E-state index contributed by atoms with van der Waals surface area (Å²) in [4.78, 5) is 23.7. The van der Waals surface area contributed by atoms with E-state index in [9.17, 15) is 9.59 Å². The highest BCUT2D eigenvalue weighted by Crippen LogP contribution is 2.17. The van der Waals surface area contributed by atoms with Crippen molar-refractivity contribution in [2.75, 3.05) is 10.6 Å². The van der Waals surface area contributed by atoms with Crippen molar-refractivity contribution in [2.24, 2.45) is 0 Å². The van der Waals surface area contributed by atoms with Crippen LogP contribution in [0.2, 0.25) is 5.02 Å². The number of hydrogen-bond acceptors (Lipinski definition) is 3. The standard InChI is InChI=1S/C17H17ClN2O3/c1-11(2)23-15-8-6-13(7-9-15)19-16(21)17(22)20-14-5-3-4-12(18)10-14/h3-11H,1-2H3,(H,19,21)(H,20,22). The van der Waals surface area contributed by atoms with Gasteiger partial charge >= 0.3 is 11.8 Å². The van der Waals surface area contributed by atoms with E-state index in [1.807, 2.05) is 13.8 Å². The zero-order chi connectivity index (χ0) is 16.8. The average molecular weight is 333 g/mol. The van der Waals surface area contributed by atoms with E-state index in [0.717, 1.165) is 0 Å². The van der Waals surface area contributed by atoms with E-state index in [-0.39, 0.29) is 6.10 Å². The van der Waals surface area contributed by atoms with Gasteiger partial charge in [-0.2, -0.15) is 0 Å². The SMILES string of the molecule is CC(C)Oc1ccc(NC(=O)C(=O)Nc2cccc(Cl)c2)cc1. The summed E-state index contributed by atoms with van der Waals surface area (Å²) in [6.07, 6.45) is 0.0684. The number of hydrogen-bond donors (Lipinski definition) is 2. The highest BCUT2D eigenvalue weighted by molar-refractivity contribution is 6.43. The van der Waals surface area contributed by atoms with Gasteiger partial charge in [-0.15, -0.1) is 0 Å². The zero-order valence-electron chi connectivity index (χ0n) is 12.8. The Labute approximate surface area is 139 Å². The molecule has 0 atom stereocenters. The molecule has 120 valence electrons. The number of nitrogens with one attached hydrogen (secondary N) is 2. The van der Waals surface area contributed by atoms with Crippen LogP contribution in [-0.4, -0.2) is 17.9 Å². The first-order chi connectivity index (χ1) is 10.9. The van der Waals surface area contributed by atoms with Crippen LogP contribution in [0.3, 0.4) is 0 Å². The van der Waals surface area contributed by atoms with Crippen LogP contribution in [0, 0.1) is 0 Å². The summed E-state index contributed by atoms with van der Waals surface area (Å²) in [5.74, 6) is -0.835. The maximum atomic E-state index is 11.9. The van der Waals surface area contributed by atoms with E-state index in [1.54, 1.807) is 48.5 Å². The van der Waals surface area contributed by atoms with Crippen molar-refractivity contribution in [3.63, 3.8) is 0 Å². The molecule has 2 amide bonds. The normalized spacial score (nSPS) is 10.3. The van der Waals surface area contributed by atoms with Crippen LogP contribution in [0.4, 0.5) is 11.4 Å². The van der Waals surface area contributed by atoms with Crippen LogP contribution in [-0.2, 0) is 9.59 Å². The monoisotopic (exact) mass is 332 g/mol. The van der Waals surface area contributed by atoms with E-state index in [0.29, 0.717) is 22.1 Å². The third-order valence-corrected chi connectivity index (χ3v) is 3.01. The maximum absolute atomic E-state index is 11.9. The number of halogens is 1. The van der Waals surface area contributed by atoms with Gasteiger partial charge in [0.2, 0.25) is 0 Å². The molecule has 2 N–H and O–H groups in total. The Morgan fingerprint density at radius 3 is 2.13 bits per heavy atom. The first-order valence-electron chi connectivity index (χ1n) is 7.08. The first-order valence-corrected chi connectivity index (χ1v) is 7.46. The lowest BCUT2D eigenvalue weighted by molar-refractivity contribution is -0.132. The predicted molar refractivity (Wildman–Crippen MR) is 90.9 cm³/mol. The molecule has 0 radical (unpaired) electrons. The molecule has 0 bridgehead atoms. The van der Waals surface area contributed by atoms with Gasteiger partial charge in [0.05, 0.1) is 6.10 Å². The fourth-order valence-corrected chi connectivity index (χ4v) is 2.02. The molecular formula is C17H17ClN2O3. The third-order valence-electron chi connectivity index (χ3n) is 2.77. The summed E-state index contributed by atoms with van der Waals surface area (Å²) in [6, 6.07) is 13.4. The molecule has 2 rings (SSSR count). The fraction of sp³-hybridized carbons (Fsp3) is 0.176. The minimum Gasteiger partial charge on any atom is -0.491 e. The first kappa shape index (κ1) is 16.8. The summed E-state index contributed by atoms with van der Waals surface area (Å²) < 4.78 is 5.51. The van der Waals surface area contributed by atoms with Crippen LogP contribution in [0.25, 0.3) is 0 Å². The Kier molecular flexibility index (Phi) is 5.60. The smallest absolute Gasteiger partial charge is 0.314 e. The molecule has 0 heterocycles. The molecule has 0 saturated carbocycles. The lowest BCUT2D eigenvalue weighted by Gasteiger charge is -2.10. The van der Waals surface area contributed by atoms with Crippen LogP contribution in [0.15, 0.2) is 48.5 Å². The lowest BCUT2D eigenvalue weighted by atomic mass is 10.3. The number of rotatable bonds is 4. The van der Waals surface area contributed by atoms with Gasteiger partial charge in [-0.1, -0.05) is 17.7 Å². The number of benzene rings is 2. The van der Waals surface area contributed by atoms with Gasteiger partial charge in [0.15, 0.2) is 0 Å². The van der Waals surface area contributed by atoms with Crippen LogP contribution < -0.4 is 15.4 Å². The zero-order valence-corrected chi connectivity index (χ0v) is 13.6. The third kappa shape index (κ3) is 5.30. The summed E-state index contributed by atoms with van der Waals surface area (Å²) in [5, 5.41) is 5.47. The minimum absolute atomic E-state index is 0.0684. The highest BCUT2D eigenvalue weighted by atomic mass is 35.5.